The Labute approximate surface area is 122 Å². The number of hydrogen-bond donors (Lipinski definition) is 0. The van der Waals surface area contributed by atoms with Gasteiger partial charge >= 0.3 is 0 Å². The zero-order valence-electron chi connectivity index (χ0n) is 10.0. The SMILES string of the molecule is CCc1nnc2sc(-c3ccc(C)c(I)c3)nn12. The van der Waals surface area contributed by atoms with Gasteiger partial charge in [-0.1, -0.05) is 30.4 Å². The van der Waals surface area contributed by atoms with Crippen molar-refractivity contribution in [3.05, 3.63) is 33.2 Å². The summed E-state index contributed by atoms with van der Waals surface area (Å²) in [5, 5.41) is 13.8. The van der Waals surface area contributed by atoms with Crippen molar-refractivity contribution < 1.29 is 0 Å². The minimum absolute atomic E-state index is 0.843. The first-order chi connectivity index (χ1) is 8.69. The van der Waals surface area contributed by atoms with Crippen LogP contribution < -0.4 is 0 Å². The van der Waals surface area contributed by atoms with Gasteiger partial charge in [-0.05, 0) is 41.1 Å². The first-order valence-corrected chi connectivity index (χ1v) is 7.56. The van der Waals surface area contributed by atoms with E-state index in [0.717, 1.165) is 27.8 Å². The zero-order chi connectivity index (χ0) is 12.7. The molecular weight excluding hydrogens is 359 g/mol. The van der Waals surface area contributed by atoms with E-state index in [-0.39, 0.29) is 0 Å². The minimum Gasteiger partial charge on any atom is -0.187 e. The molecule has 0 aliphatic heterocycles. The highest BCUT2D eigenvalue weighted by Crippen LogP contribution is 2.27. The van der Waals surface area contributed by atoms with Gasteiger partial charge in [0.2, 0.25) is 4.96 Å². The molecule has 1 aromatic carbocycles. The largest absolute Gasteiger partial charge is 0.234 e. The van der Waals surface area contributed by atoms with E-state index in [0.29, 0.717) is 0 Å². The number of rotatable bonds is 2. The number of aryl methyl sites for hydroxylation is 2. The average molecular weight is 370 g/mol. The van der Waals surface area contributed by atoms with Crippen LogP contribution in [0.25, 0.3) is 15.5 Å². The van der Waals surface area contributed by atoms with Crippen molar-refractivity contribution in [1.82, 2.24) is 19.8 Å². The lowest BCUT2D eigenvalue weighted by molar-refractivity contribution is 0.838. The van der Waals surface area contributed by atoms with Crippen LogP contribution in [0, 0.1) is 10.5 Å². The lowest BCUT2D eigenvalue weighted by Gasteiger charge is -2.00. The Bertz CT molecular complexity index is 716. The maximum atomic E-state index is 4.59. The number of nitrogens with zero attached hydrogens (tertiary/aromatic N) is 4. The standard InChI is InChI=1S/C12H11IN4S/c1-3-10-14-15-12-17(10)16-11(18-12)8-5-4-7(2)9(13)6-8/h4-6H,3H2,1-2H3. The van der Waals surface area contributed by atoms with Gasteiger partial charge in [0.05, 0.1) is 0 Å². The molecule has 3 rings (SSSR count). The highest BCUT2D eigenvalue weighted by atomic mass is 127. The Hall–Kier alpha value is -1.02. The number of halogens is 1. The Balaban J connectivity index is 2.13. The van der Waals surface area contributed by atoms with Crippen molar-refractivity contribution in [1.29, 1.82) is 0 Å². The lowest BCUT2D eigenvalue weighted by atomic mass is 10.2. The number of hydrogen-bond acceptors (Lipinski definition) is 4. The maximum absolute atomic E-state index is 4.59. The average Bonchev–Trinajstić information content (AvgIpc) is 2.92. The second-order valence-corrected chi connectivity index (χ2v) is 6.15. The summed E-state index contributed by atoms with van der Waals surface area (Å²) in [6, 6.07) is 6.39. The van der Waals surface area contributed by atoms with Crippen molar-refractivity contribution in [2.24, 2.45) is 0 Å². The summed E-state index contributed by atoms with van der Waals surface area (Å²) < 4.78 is 3.10. The first-order valence-electron chi connectivity index (χ1n) is 5.66. The van der Waals surface area contributed by atoms with Gasteiger partial charge in [0.15, 0.2) is 5.82 Å². The smallest absolute Gasteiger partial charge is 0.187 e. The summed E-state index contributed by atoms with van der Waals surface area (Å²) in [4.78, 5) is 0.859. The second-order valence-electron chi connectivity index (χ2n) is 4.04. The monoisotopic (exact) mass is 370 g/mol. The normalized spacial score (nSPS) is 11.3. The number of benzene rings is 1. The van der Waals surface area contributed by atoms with Crippen molar-refractivity contribution in [3.8, 4) is 10.6 Å². The van der Waals surface area contributed by atoms with E-state index >= 15 is 0 Å². The van der Waals surface area contributed by atoms with Crippen LogP contribution in [-0.2, 0) is 6.42 Å². The molecule has 0 amide bonds. The molecule has 2 aromatic heterocycles. The fourth-order valence-corrected chi connectivity index (χ4v) is 3.09. The molecule has 0 fully saturated rings. The van der Waals surface area contributed by atoms with Crippen LogP contribution in [0.2, 0.25) is 0 Å². The molecular formula is C12H11IN4S. The van der Waals surface area contributed by atoms with E-state index in [2.05, 4.69) is 69.9 Å². The number of aromatic nitrogens is 4. The predicted octanol–water partition coefficient (Wildman–Crippen LogP) is 3.33. The van der Waals surface area contributed by atoms with Gasteiger partial charge in [-0.3, -0.25) is 0 Å². The van der Waals surface area contributed by atoms with E-state index in [9.17, 15) is 0 Å². The molecule has 6 heteroatoms. The zero-order valence-corrected chi connectivity index (χ0v) is 13.0. The Kier molecular flexibility index (Phi) is 3.06. The van der Waals surface area contributed by atoms with Crippen LogP contribution in [0.5, 0.6) is 0 Å². The third-order valence-corrected chi connectivity index (χ3v) is 4.90. The topological polar surface area (TPSA) is 43.1 Å². The van der Waals surface area contributed by atoms with Crippen molar-refractivity contribution in [2.75, 3.05) is 0 Å². The van der Waals surface area contributed by atoms with E-state index < -0.39 is 0 Å². The van der Waals surface area contributed by atoms with Crippen LogP contribution in [0.4, 0.5) is 0 Å². The minimum atomic E-state index is 0.843. The fourth-order valence-electron chi connectivity index (χ4n) is 1.72. The summed E-state index contributed by atoms with van der Waals surface area (Å²) in [6.45, 7) is 4.17. The highest BCUT2D eigenvalue weighted by Gasteiger charge is 2.12. The Morgan fingerprint density at radius 3 is 2.89 bits per heavy atom. The molecule has 0 radical (unpaired) electrons. The molecule has 0 N–H and O–H groups in total. The molecule has 0 atom stereocenters. The first kappa shape index (κ1) is 12.0. The van der Waals surface area contributed by atoms with Crippen LogP contribution in [0.15, 0.2) is 18.2 Å². The van der Waals surface area contributed by atoms with Crippen LogP contribution in [0.1, 0.15) is 18.3 Å². The molecule has 18 heavy (non-hydrogen) atoms. The lowest BCUT2D eigenvalue weighted by Crippen LogP contribution is -1.93. The molecule has 0 aliphatic rings. The molecule has 0 bridgehead atoms. The maximum Gasteiger partial charge on any atom is 0.234 e. The van der Waals surface area contributed by atoms with E-state index in [1.54, 1.807) is 11.3 Å². The highest BCUT2D eigenvalue weighted by molar-refractivity contribution is 14.1. The van der Waals surface area contributed by atoms with E-state index in [4.69, 9.17) is 0 Å². The summed E-state index contributed by atoms with van der Waals surface area (Å²) >= 11 is 3.93. The Morgan fingerprint density at radius 1 is 1.33 bits per heavy atom. The summed E-state index contributed by atoms with van der Waals surface area (Å²) in [6.07, 6.45) is 0.843. The van der Waals surface area contributed by atoms with Crippen molar-refractivity contribution in [2.45, 2.75) is 20.3 Å². The molecule has 0 aliphatic carbocycles. The third-order valence-electron chi connectivity index (χ3n) is 2.79. The fraction of sp³-hybridized carbons (Fsp3) is 0.250. The molecule has 0 unspecified atom stereocenters. The summed E-state index contributed by atoms with van der Waals surface area (Å²) in [7, 11) is 0. The van der Waals surface area contributed by atoms with Gasteiger partial charge in [0, 0.05) is 15.6 Å². The second kappa shape index (κ2) is 4.58. The number of fused-ring (bicyclic) bond motifs is 1. The van der Waals surface area contributed by atoms with Gasteiger partial charge in [0.1, 0.15) is 5.01 Å². The van der Waals surface area contributed by atoms with Crippen LogP contribution in [-0.4, -0.2) is 19.8 Å². The molecule has 92 valence electrons. The Morgan fingerprint density at radius 2 is 2.17 bits per heavy atom. The third kappa shape index (κ3) is 1.93. The van der Waals surface area contributed by atoms with Gasteiger partial charge in [0.25, 0.3) is 0 Å². The summed E-state index contributed by atoms with van der Waals surface area (Å²) in [5.41, 5.74) is 2.43. The predicted molar refractivity (Wildman–Crippen MR) is 80.9 cm³/mol. The van der Waals surface area contributed by atoms with Gasteiger partial charge < -0.3 is 0 Å². The molecule has 0 saturated carbocycles. The molecule has 0 spiro atoms. The van der Waals surface area contributed by atoms with Gasteiger partial charge in [-0.15, -0.1) is 10.2 Å². The quantitative estimate of drug-likeness (QED) is 0.650. The van der Waals surface area contributed by atoms with Crippen LogP contribution >= 0.6 is 33.9 Å². The molecule has 3 aromatic rings. The van der Waals surface area contributed by atoms with Crippen LogP contribution in [0.3, 0.4) is 0 Å². The van der Waals surface area contributed by atoms with Gasteiger partial charge in [-0.25, -0.2) is 0 Å². The van der Waals surface area contributed by atoms with E-state index in [1.807, 2.05) is 4.52 Å². The molecule has 0 saturated heterocycles. The van der Waals surface area contributed by atoms with Crippen molar-refractivity contribution in [3.63, 3.8) is 0 Å². The molecule has 2 heterocycles. The van der Waals surface area contributed by atoms with E-state index in [1.165, 1.54) is 9.13 Å². The van der Waals surface area contributed by atoms with Gasteiger partial charge in [-0.2, -0.15) is 9.61 Å². The summed E-state index contributed by atoms with van der Waals surface area (Å²) in [5.74, 6) is 0.911. The molecule has 4 nitrogen and oxygen atoms in total. The van der Waals surface area contributed by atoms with Crippen molar-refractivity contribution >= 4 is 38.9 Å².